The molecule has 1 heterocycles. The number of carbonyl (C=O) groups excluding carboxylic acids is 1. The van der Waals surface area contributed by atoms with Crippen molar-refractivity contribution in [1.29, 1.82) is 0 Å². The van der Waals surface area contributed by atoms with E-state index in [0.29, 0.717) is 24.4 Å². The first-order valence-electron chi connectivity index (χ1n) is 6.48. The van der Waals surface area contributed by atoms with E-state index in [0.717, 1.165) is 4.47 Å². The quantitative estimate of drug-likeness (QED) is 0.872. The number of benzene rings is 1. The number of nitrogens with one attached hydrogen (secondary N) is 1. The Morgan fingerprint density at radius 2 is 2.19 bits per heavy atom. The van der Waals surface area contributed by atoms with E-state index in [-0.39, 0.29) is 12.6 Å². The van der Waals surface area contributed by atoms with E-state index in [4.69, 9.17) is 4.74 Å². The molecular weight excluding hydrogens is 340 g/mol. The number of anilines is 1. The fourth-order valence-electron chi connectivity index (χ4n) is 2.26. The Labute approximate surface area is 131 Å². The van der Waals surface area contributed by atoms with Gasteiger partial charge in [-0.15, -0.1) is 0 Å². The molecule has 1 aromatic carbocycles. The van der Waals surface area contributed by atoms with Crippen molar-refractivity contribution in [2.75, 3.05) is 25.5 Å². The summed E-state index contributed by atoms with van der Waals surface area (Å²) in [7, 11) is 1.56. The van der Waals surface area contributed by atoms with E-state index in [9.17, 15) is 14.7 Å². The second-order valence-corrected chi connectivity index (χ2v) is 6.17. The van der Waals surface area contributed by atoms with Crippen LogP contribution < -0.4 is 10.1 Å². The summed E-state index contributed by atoms with van der Waals surface area (Å²) in [6, 6.07) is 4.92. The van der Waals surface area contributed by atoms with Gasteiger partial charge >= 0.3 is 12.0 Å². The number of carboxylic acids is 1. The van der Waals surface area contributed by atoms with Crippen LogP contribution in [0.15, 0.2) is 22.7 Å². The summed E-state index contributed by atoms with van der Waals surface area (Å²) in [5, 5.41) is 11.9. The van der Waals surface area contributed by atoms with Crippen LogP contribution in [0.1, 0.15) is 13.3 Å². The highest BCUT2D eigenvalue weighted by Crippen LogP contribution is 2.31. The minimum absolute atomic E-state index is 0.214. The third kappa shape index (κ3) is 3.29. The summed E-state index contributed by atoms with van der Waals surface area (Å²) < 4.78 is 5.86. The summed E-state index contributed by atoms with van der Waals surface area (Å²) in [6.45, 7) is 2.31. The Morgan fingerprint density at radius 1 is 1.48 bits per heavy atom. The Balaban J connectivity index is 2.03. The molecular formula is C14H17BrN2O4. The first-order valence-corrected chi connectivity index (χ1v) is 7.28. The number of halogens is 1. The van der Waals surface area contributed by atoms with E-state index in [1.54, 1.807) is 32.2 Å². The first-order chi connectivity index (χ1) is 9.85. The van der Waals surface area contributed by atoms with Crippen molar-refractivity contribution < 1.29 is 19.4 Å². The van der Waals surface area contributed by atoms with Gasteiger partial charge in [0.25, 0.3) is 0 Å². The van der Waals surface area contributed by atoms with Gasteiger partial charge in [-0.05, 0) is 47.5 Å². The molecule has 21 heavy (non-hydrogen) atoms. The molecule has 7 heteroatoms. The summed E-state index contributed by atoms with van der Waals surface area (Å²) >= 11 is 3.35. The number of amides is 2. The van der Waals surface area contributed by atoms with Crippen molar-refractivity contribution in [3.63, 3.8) is 0 Å². The van der Waals surface area contributed by atoms with Crippen molar-refractivity contribution in [2.24, 2.45) is 5.41 Å². The SMILES string of the molecule is COc1ccc(NC(=O)N2CCC(C)(C(=O)O)C2)cc1Br. The topological polar surface area (TPSA) is 78.9 Å². The van der Waals surface area contributed by atoms with Crippen molar-refractivity contribution in [3.8, 4) is 5.75 Å². The van der Waals surface area contributed by atoms with E-state index < -0.39 is 11.4 Å². The lowest BCUT2D eigenvalue weighted by Crippen LogP contribution is -2.37. The highest BCUT2D eigenvalue weighted by molar-refractivity contribution is 9.10. The zero-order valence-corrected chi connectivity index (χ0v) is 13.4. The third-order valence-electron chi connectivity index (χ3n) is 3.68. The maximum absolute atomic E-state index is 12.2. The number of methoxy groups -OCH3 is 1. The number of hydrogen-bond acceptors (Lipinski definition) is 3. The molecule has 0 saturated carbocycles. The molecule has 1 atom stereocenters. The van der Waals surface area contributed by atoms with Gasteiger partial charge in [-0.1, -0.05) is 0 Å². The zero-order chi connectivity index (χ0) is 15.6. The highest BCUT2D eigenvalue weighted by Gasteiger charge is 2.42. The average molecular weight is 357 g/mol. The van der Waals surface area contributed by atoms with Crippen LogP contribution in [0, 0.1) is 5.41 Å². The molecule has 0 aromatic heterocycles. The fraction of sp³-hybridized carbons (Fsp3) is 0.429. The lowest BCUT2D eigenvalue weighted by molar-refractivity contribution is -0.146. The second-order valence-electron chi connectivity index (χ2n) is 5.32. The van der Waals surface area contributed by atoms with Gasteiger partial charge < -0.3 is 20.1 Å². The van der Waals surface area contributed by atoms with Crippen LogP contribution in [0.2, 0.25) is 0 Å². The summed E-state index contributed by atoms with van der Waals surface area (Å²) in [4.78, 5) is 24.9. The molecule has 0 aliphatic carbocycles. The Morgan fingerprint density at radius 3 is 2.71 bits per heavy atom. The van der Waals surface area contributed by atoms with Crippen molar-refractivity contribution >= 4 is 33.6 Å². The maximum atomic E-state index is 12.2. The molecule has 1 unspecified atom stereocenters. The van der Waals surface area contributed by atoms with Crippen molar-refractivity contribution in [3.05, 3.63) is 22.7 Å². The van der Waals surface area contributed by atoms with Gasteiger partial charge in [-0.2, -0.15) is 0 Å². The van der Waals surface area contributed by atoms with Gasteiger partial charge in [0.2, 0.25) is 0 Å². The maximum Gasteiger partial charge on any atom is 0.321 e. The minimum Gasteiger partial charge on any atom is -0.496 e. The van der Waals surface area contributed by atoms with Crippen LogP contribution in [0.5, 0.6) is 5.75 Å². The van der Waals surface area contributed by atoms with E-state index in [1.807, 2.05) is 0 Å². The number of urea groups is 1. The largest absolute Gasteiger partial charge is 0.496 e. The molecule has 0 radical (unpaired) electrons. The van der Waals surface area contributed by atoms with Gasteiger partial charge in [-0.3, -0.25) is 4.79 Å². The van der Waals surface area contributed by atoms with Gasteiger partial charge in [0.05, 0.1) is 17.0 Å². The molecule has 2 N–H and O–H groups in total. The molecule has 1 aliphatic heterocycles. The van der Waals surface area contributed by atoms with Crippen LogP contribution in [-0.4, -0.2) is 42.2 Å². The molecule has 2 amide bonds. The number of likely N-dealkylation sites (tertiary alicyclic amines) is 1. The predicted octanol–water partition coefficient (Wildman–Crippen LogP) is 2.79. The highest BCUT2D eigenvalue weighted by atomic mass is 79.9. The zero-order valence-electron chi connectivity index (χ0n) is 11.9. The number of nitrogens with zero attached hydrogens (tertiary/aromatic N) is 1. The van der Waals surface area contributed by atoms with Crippen LogP contribution in [0.4, 0.5) is 10.5 Å². The lowest BCUT2D eigenvalue weighted by atomic mass is 9.90. The lowest BCUT2D eigenvalue weighted by Gasteiger charge is -2.20. The average Bonchev–Trinajstić information content (AvgIpc) is 2.83. The third-order valence-corrected chi connectivity index (χ3v) is 4.30. The number of carbonyl (C=O) groups is 2. The van der Waals surface area contributed by atoms with E-state index in [1.165, 1.54) is 4.90 Å². The molecule has 1 aliphatic rings. The standard InChI is InChI=1S/C14H17BrN2O4/c1-14(12(18)19)5-6-17(8-14)13(20)16-9-3-4-11(21-2)10(15)7-9/h3-4,7H,5-6,8H2,1-2H3,(H,16,20)(H,18,19). The van der Waals surface area contributed by atoms with Gasteiger partial charge in [0, 0.05) is 18.8 Å². The van der Waals surface area contributed by atoms with E-state index >= 15 is 0 Å². The van der Waals surface area contributed by atoms with Crippen molar-refractivity contribution in [1.82, 2.24) is 4.90 Å². The van der Waals surface area contributed by atoms with Crippen LogP contribution in [-0.2, 0) is 4.79 Å². The van der Waals surface area contributed by atoms with Crippen LogP contribution in [0.25, 0.3) is 0 Å². The van der Waals surface area contributed by atoms with E-state index in [2.05, 4.69) is 21.2 Å². The minimum atomic E-state index is -0.870. The molecule has 2 rings (SSSR count). The fourth-order valence-corrected chi connectivity index (χ4v) is 2.80. The summed E-state index contributed by atoms with van der Waals surface area (Å²) in [5.74, 6) is -0.197. The van der Waals surface area contributed by atoms with Crippen LogP contribution in [0.3, 0.4) is 0 Å². The van der Waals surface area contributed by atoms with Crippen molar-refractivity contribution in [2.45, 2.75) is 13.3 Å². The van der Waals surface area contributed by atoms with Crippen LogP contribution >= 0.6 is 15.9 Å². The molecule has 6 nitrogen and oxygen atoms in total. The van der Waals surface area contributed by atoms with Gasteiger partial charge in [0.15, 0.2) is 0 Å². The number of rotatable bonds is 3. The summed E-state index contributed by atoms with van der Waals surface area (Å²) in [5.41, 5.74) is -0.241. The predicted molar refractivity (Wildman–Crippen MR) is 81.6 cm³/mol. The number of carboxylic acid groups (broad SMARTS) is 1. The molecule has 1 fully saturated rings. The smallest absolute Gasteiger partial charge is 0.321 e. The molecule has 1 aromatic rings. The Kier molecular flexibility index (Phi) is 4.41. The molecule has 0 bridgehead atoms. The Bertz CT molecular complexity index is 578. The molecule has 114 valence electrons. The van der Waals surface area contributed by atoms with Gasteiger partial charge in [-0.25, -0.2) is 4.79 Å². The monoisotopic (exact) mass is 356 g/mol. The number of aliphatic carboxylic acids is 1. The second kappa shape index (κ2) is 5.93. The molecule has 1 saturated heterocycles. The number of hydrogen-bond donors (Lipinski definition) is 2. The first kappa shape index (κ1) is 15.6. The number of ether oxygens (including phenoxy) is 1. The Hall–Kier alpha value is -1.76. The summed E-state index contributed by atoms with van der Waals surface area (Å²) in [6.07, 6.45) is 0.460. The normalized spacial score (nSPS) is 21.2. The van der Waals surface area contributed by atoms with Gasteiger partial charge in [0.1, 0.15) is 5.75 Å². The molecule has 0 spiro atoms.